The lowest BCUT2D eigenvalue weighted by atomic mass is 10.1. The fourth-order valence-corrected chi connectivity index (χ4v) is 4.12. The van der Waals surface area contributed by atoms with Crippen molar-refractivity contribution >= 4 is 23.4 Å². The zero-order chi connectivity index (χ0) is 23.6. The zero-order valence-electron chi connectivity index (χ0n) is 18.2. The fraction of sp³-hybridized carbons (Fsp3) is 0.286. The molecule has 2 heterocycles. The first-order chi connectivity index (χ1) is 15.2. The fourth-order valence-electron chi connectivity index (χ4n) is 3.20. The maximum Gasteiger partial charge on any atom is 0.332 e. The standard InChI is InChI=1S/C21H24N6O4S/c1-6-11-27-18(13-9-7-8-10-14(13)31-5)23-24-20(27)32-12(2)16(28)15-17(22)25(3)21(30)26(4)19(15)29/h6-10,12H,1,11,22H2,2-5H3. The maximum absolute atomic E-state index is 13.1. The lowest BCUT2D eigenvalue weighted by Gasteiger charge is -2.15. The Morgan fingerprint density at radius 1 is 1.25 bits per heavy atom. The molecule has 2 N–H and O–H groups in total. The lowest BCUT2D eigenvalue weighted by molar-refractivity contribution is 0.0992. The molecule has 0 radical (unpaired) electrons. The van der Waals surface area contributed by atoms with E-state index >= 15 is 0 Å². The molecule has 0 bridgehead atoms. The van der Waals surface area contributed by atoms with E-state index in [2.05, 4.69) is 16.8 Å². The second-order valence-electron chi connectivity index (χ2n) is 7.00. The molecule has 0 spiro atoms. The van der Waals surface area contributed by atoms with E-state index in [1.54, 1.807) is 20.1 Å². The molecule has 1 atom stereocenters. The Balaban J connectivity index is 2.01. The topological polar surface area (TPSA) is 127 Å². The van der Waals surface area contributed by atoms with Crippen LogP contribution in [0, 0.1) is 0 Å². The van der Waals surface area contributed by atoms with Crippen LogP contribution in [0.3, 0.4) is 0 Å². The number of ketones is 1. The number of carbonyl (C=O) groups is 1. The van der Waals surface area contributed by atoms with Crippen molar-refractivity contribution in [2.24, 2.45) is 14.1 Å². The van der Waals surface area contributed by atoms with Gasteiger partial charge in [0.15, 0.2) is 16.8 Å². The maximum atomic E-state index is 13.1. The molecule has 3 aromatic rings. The Morgan fingerprint density at radius 2 is 1.94 bits per heavy atom. The summed E-state index contributed by atoms with van der Waals surface area (Å²) in [6.45, 7) is 5.83. The number of anilines is 1. The number of rotatable bonds is 8. The van der Waals surface area contributed by atoms with E-state index in [1.165, 1.54) is 14.1 Å². The van der Waals surface area contributed by atoms with Gasteiger partial charge in [0.2, 0.25) is 0 Å². The number of aromatic nitrogens is 5. The van der Waals surface area contributed by atoms with Gasteiger partial charge in [-0.2, -0.15) is 0 Å². The van der Waals surface area contributed by atoms with E-state index in [9.17, 15) is 14.4 Å². The van der Waals surface area contributed by atoms with Crippen LogP contribution in [0.25, 0.3) is 11.4 Å². The van der Waals surface area contributed by atoms with Crippen LogP contribution in [-0.2, 0) is 20.6 Å². The Morgan fingerprint density at radius 3 is 2.59 bits per heavy atom. The van der Waals surface area contributed by atoms with Gasteiger partial charge in [0.1, 0.15) is 17.1 Å². The molecule has 10 nitrogen and oxygen atoms in total. The lowest BCUT2D eigenvalue weighted by Crippen LogP contribution is -2.42. The number of nitrogen functional groups attached to an aromatic ring is 1. The molecule has 1 unspecified atom stereocenters. The van der Waals surface area contributed by atoms with Crippen LogP contribution in [0.2, 0.25) is 0 Å². The first-order valence-corrected chi connectivity index (χ1v) is 10.5. The van der Waals surface area contributed by atoms with Crippen LogP contribution in [0.15, 0.2) is 51.7 Å². The molecule has 2 aromatic heterocycles. The Hall–Kier alpha value is -3.60. The molecule has 0 aliphatic carbocycles. The minimum absolute atomic E-state index is 0.169. The normalized spacial score (nSPS) is 11.9. The van der Waals surface area contributed by atoms with Crippen LogP contribution in [0.5, 0.6) is 5.75 Å². The van der Waals surface area contributed by atoms with Gasteiger partial charge in [-0.05, 0) is 19.1 Å². The van der Waals surface area contributed by atoms with Gasteiger partial charge in [-0.25, -0.2) is 4.79 Å². The number of hydrogen-bond acceptors (Lipinski definition) is 8. The summed E-state index contributed by atoms with van der Waals surface area (Å²) in [6.07, 6.45) is 1.69. The monoisotopic (exact) mass is 456 g/mol. The van der Waals surface area contributed by atoms with Crippen molar-refractivity contribution in [3.05, 3.63) is 63.3 Å². The van der Waals surface area contributed by atoms with Crippen molar-refractivity contribution in [1.82, 2.24) is 23.9 Å². The van der Waals surface area contributed by atoms with Crippen LogP contribution < -0.4 is 21.7 Å². The number of nitrogens with two attached hydrogens (primary N) is 1. The van der Waals surface area contributed by atoms with Crippen molar-refractivity contribution in [1.29, 1.82) is 0 Å². The number of benzene rings is 1. The molecule has 0 aliphatic rings. The molecule has 0 saturated carbocycles. The number of para-hydroxylation sites is 1. The van der Waals surface area contributed by atoms with Crippen LogP contribution in [-0.4, -0.2) is 42.0 Å². The number of hydrogen-bond donors (Lipinski definition) is 1. The zero-order valence-corrected chi connectivity index (χ0v) is 19.0. The number of nitrogens with zero attached hydrogens (tertiary/aromatic N) is 5. The molecule has 0 amide bonds. The third-order valence-corrected chi connectivity index (χ3v) is 6.06. The van der Waals surface area contributed by atoms with Crippen molar-refractivity contribution in [3.8, 4) is 17.1 Å². The quantitative estimate of drug-likeness (QED) is 0.307. The molecule has 0 fully saturated rings. The first-order valence-electron chi connectivity index (χ1n) is 9.66. The summed E-state index contributed by atoms with van der Waals surface area (Å²) in [5.41, 5.74) is 5.12. The van der Waals surface area contributed by atoms with Gasteiger partial charge >= 0.3 is 5.69 Å². The van der Waals surface area contributed by atoms with E-state index in [0.29, 0.717) is 23.3 Å². The second kappa shape index (κ2) is 9.27. The molecular formula is C21H24N6O4S. The number of carbonyl (C=O) groups excluding carboxylic acids is 1. The van der Waals surface area contributed by atoms with Crippen molar-refractivity contribution in [2.75, 3.05) is 12.8 Å². The van der Waals surface area contributed by atoms with Crippen molar-refractivity contribution in [3.63, 3.8) is 0 Å². The van der Waals surface area contributed by atoms with E-state index in [4.69, 9.17) is 10.5 Å². The Labute approximate surface area is 188 Å². The van der Waals surface area contributed by atoms with Crippen molar-refractivity contribution < 1.29 is 9.53 Å². The smallest absolute Gasteiger partial charge is 0.332 e. The summed E-state index contributed by atoms with van der Waals surface area (Å²) >= 11 is 1.14. The van der Waals surface area contributed by atoms with Gasteiger partial charge in [0.05, 0.1) is 17.9 Å². The molecule has 3 rings (SSSR count). The van der Waals surface area contributed by atoms with E-state index < -0.39 is 22.3 Å². The summed E-state index contributed by atoms with van der Waals surface area (Å²) in [5.74, 6) is 0.517. The number of thioether (sulfide) groups is 1. The summed E-state index contributed by atoms with van der Waals surface area (Å²) in [4.78, 5) is 37.7. The number of allylic oxidation sites excluding steroid dienone is 1. The molecule has 32 heavy (non-hydrogen) atoms. The number of methoxy groups -OCH3 is 1. The van der Waals surface area contributed by atoms with Crippen LogP contribution >= 0.6 is 11.8 Å². The van der Waals surface area contributed by atoms with Gasteiger partial charge in [-0.1, -0.05) is 30.0 Å². The Bertz CT molecular complexity index is 1310. The average molecular weight is 457 g/mol. The summed E-state index contributed by atoms with van der Waals surface area (Å²) in [7, 11) is 4.28. The van der Waals surface area contributed by atoms with Gasteiger partial charge in [0.25, 0.3) is 5.56 Å². The minimum Gasteiger partial charge on any atom is -0.496 e. The van der Waals surface area contributed by atoms with E-state index in [-0.39, 0.29) is 11.4 Å². The van der Waals surface area contributed by atoms with Gasteiger partial charge in [-0.15, -0.1) is 16.8 Å². The van der Waals surface area contributed by atoms with Gasteiger partial charge in [0, 0.05) is 20.6 Å². The van der Waals surface area contributed by atoms with Gasteiger partial charge < -0.3 is 10.5 Å². The summed E-state index contributed by atoms with van der Waals surface area (Å²) < 4.78 is 9.18. The molecule has 0 aliphatic heterocycles. The second-order valence-corrected chi connectivity index (χ2v) is 8.30. The molecular weight excluding hydrogens is 432 g/mol. The molecule has 11 heteroatoms. The number of ether oxygens (including phenoxy) is 1. The molecule has 0 saturated heterocycles. The highest BCUT2D eigenvalue weighted by atomic mass is 32.2. The molecule has 168 valence electrons. The summed E-state index contributed by atoms with van der Waals surface area (Å²) in [6, 6.07) is 7.40. The van der Waals surface area contributed by atoms with Crippen LogP contribution in [0.1, 0.15) is 17.3 Å². The third kappa shape index (κ3) is 3.98. The predicted molar refractivity (Wildman–Crippen MR) is 123 cm³/mol. The highest BCUT2D eigenvalue weighted by Crippen LogP contribution is 2.32. The third-order valence-electron chi connectivity index (χ3n) is 4.98. The highest BCUT2D eigenvalue weighted by molar-refractivity contribution is 8.00. The predicted octanol–water partition coefficient (Wildman–Crippen LogP) is 1.48. The first kappa shape index (κ1) is 23.1. The van der Waals surface area contributed by atoms with E-state index in [0.717, 1.165) is 26.5 Å². The highest BCUT2D eigenvalue weighted by Gasteiger charge is 2.27. The van der Waals surface area contributed by atoms with Crippen molar-refractivity contribution in [2.45, 2.75) is 23.9 Å². The number of Topliss-reactive ketones (excluding diaryl/α,β-unsaturated/α-hetero) is 1. The Kier molecular flexibility index (Phi) is 6.68. The SMILES string of the molecule is C=CCn1c(SC(C)C(=O)c2c(N)n(C)c(=O)n(C)c2=O)nnc1-c1ccccc1OC. The summed E-state index contributed by atoms with van der Waals surface area (Å²) in [5, 5.41) is 8.28. The molecule has 1 aromatic carbocycles. The van der Waals surface area contributed by atoms with Gasteiger partial charge in [-0.3, -0.25) is 23.3 Å². The van der Waals surface area contributed by atoms with Crippen LogP contribution in [0.4, 0.5) is 5.82 Å². The minimum atomic E-state index is -0.731. The largest absolute Gasteiger partial charge is 0.496 e. The average Bonchev–Trinajstić information content (AvgIpc) is 3.18. The van der Waals surface area contributed by atoms with E-state index in [1.807, 2.05) is 28.8 Å².